The molecule has 1 saturated carbocycles. The number of nitrogens with zero attached hydrogens (tertiary/aromatic N) is 4. The van der Waals surface area contributed by atoms with E-state index >= 15 is 0 Å². The molecule has 2 N–H and O–H groups in total. The van der Waals surface area contributed by atoms with Gasteiger partial charge in [-0.1, -0.05) is 0 Å². The second-order valence-electron chi connectivity index (χ2n) is 6.76. The number of hydrogen-bond donors (Lipinski definition) is 1. The highest BCUT2D eigenvalue weighted by Gasteiger charge is 2.35. The summed E-state index contributed by atoms with van der Waals surface area (Å²) in [7, 11) is 0. The Kier molecular flexibility index (Phi) is 3.21. The molecular weight excluding hydrogens is 266 g/mol. The van der Waals surface area contributed by atoms with Crippen LogP contribution in [0.5, 0.6) is 0 Å². The summed E-state index contributed by atoms with van der Waals surface area (Å²) in [6.07, 6.45) is 6.10. The molecule has 1 saturated heterocycles. The van der Waals surface area contributed by atoms with Crippen molar-refractivity contribution in [2.75, 3.05) is 13.1 Å². The topological polar surface area (TPSA) is 77.0 Å². The monoisotopic (exact) mass is 289 g/mol. The Hall–Kier alpha value is -1.43. The van der Waals surface area contributed by atoms with Crippen molar-refractivity contribution in [3.63, 3.8) is 0 Å². The summed E-state index contributed by atoms with van der Waals surface area (Å²) in [5, 5.41) is 8.65. The minimum atomic E-state index is 0.0975. The van der Waals surface area contributed by atoms with E-state index in [1.165, 1.54) is 12.8 Å². The van der Waals surface area contributed by atoms with E-state index in [0.717, 1.165) is 57.0 Å². The van der Waals surface area contributed by atoms with Gasteiger partial charge in [0.25, 0.3) is 0 Å². The summed E-state index contributed by atoms with van der Waals surface area (Å²) >= 11 is 0. The second kappa shape index (κ2) is 5.09. The highest BCUT2D eigenvalue weighted by Crippen LogP contribution is 2.40. The highest BCUT2D eigenvalue weighted by molar-refractivity contribution is 5.79. The van der Waals surface area contributed by atoms with E-state index in [2.05, 4.69) is 14.8 Å². The molecule has 1 aromatic heterocycles. The Morgan fingerprint density at radius 3 is 2.57 bits per heavy atom. The molecule has 6 nitrogen and oxygen atoms in total. The molecule has 21 heavy (non-hydrogen) atoms. The van der Waals surface area contributed by atoms with E-state index in [1.807, 2.05) is 4.90 Å². The molecule has 1 aromatic rings. The number of hydrogen-bond acceptors (Lipinski definition) is 4. The maximum absolute atomic E-state index is 12.7. The molecule has 0 radical (unpaired) electrons. The maximum atomic E-state index is 12.7. The molecule has 3 heterocycles. The van der Waals surface area contributed by atoms with Crippen molar-refractivity contribution in [2.24, 2.45) is 11.7 Å². The molecule has 0 bridgehead atoms. The number of aromatic nitrogens is 3. The van der Waals surface area contributed by atoms with E-state index in [0.29, 0.717) is 11.8 Å². The largest absolute Gasteiger partial charge is 0.342 e. The summed E-state index contributed by atoms with van der Waals surface area (Å²) in [6, 6.07) is 0.270. The Morgan fingerprint density at radius 1 is 1.10 bits per heavy atom. The van der Waals surface area contributed by atoms with Crippen LogP contribution in [0.25, 0.3) is 0 Å². The predicted octanol–water partition coefficient (Wildman–Crippen LogP) is 0.668. The van der Waals surface area contributed by atoms with Crippen LogP contribution in [0.2, 0.25) is 0 Å². The third kappa shape index (κ3) is 2.46. The van der Waals surface area contributed by atoms with Gasteiger partial charge in [-0.05, 0) is 32.1 Å². The van der Waals surface area contributed by atoms with Gasteiger partial charge in [0, 0.05) is 38.0 Å². The van der Waals surface area contributed by atoms with Gasteiger partial charge in [0.2, 0.25) is 5.91 Å². The lowest BCUT2D eigenvalue weighted by Crippen LogP contribution is -2.46. The Labute approximate surface area is 124 Å². The van der Waals surface area contributed by atoms with Crippen molar-refractivity contribution in [1.29, 1.82) is 0 Å². The van der Waals surface area contributed by atoms with Crippen LogP contribution in [0.3, 0.4) is 0 Å². The first-order valence-corrected chi connectivity index (χ1v) is 8.18. The molecule has 1 amide bonds. The minimum Gasteiger partial charge on any atom is -0.342 e. The summed E-state index contributed by atoms with van der Waals surface area (Å²) in [5.74, 6) is 3.18. The standard InChI is InChI=1S/C15H23N5O/c16-12-5-7-19(8-6-12)15(21)11-3-4-13-17-18-14(10-1-2-10)20(13)9-11/h10-12H,1-9,16H2. The van der Waals surface area contributed by atoms with Gasteiger partial charge in [-0.2, -0.15) is 0 Å². The molecule has 4 rings (SSSR count). The van der Waals surface area contributed by atoms with Crippen molar-refractivity contribution in [1.82, 2.24) is 19.7 Å². The summed E-state index contributed by atoms with van der Waals surface area (Å²) in [5.41, 5.74) is 5.93. The average molecular weight is 289 g/mol. The van der Waals surface area contributed by atoms with Gasteiger partial charge in [0.15, 0.2) is 0 Å². The molecule has 0 aromatic carbocycles. The SMILES string of the molecule is NC1CCN(C(=O)C2CCc3nnc(C4CC4)n3C2)CC1. The van der Waals surface area contributed by atoms with Crippen molar-refractivity contribution in [3.8, 4) is 0 Å². The lowest BCUT2D eigenvalue weighted by Gasteiger charge is -2.34. The molecule has 114 valence electrons. The minimum absolute atomic E-state index is 0.0975. The van der Waals surface area contributed by atoms with Crippen LogP contribution in [0.4, 0.5) is 0 Å². The van der Waals surface area contributed by atoms with Gasteiger partial charge in [-0.25, -0.2) is 0 Å². The summed E-state index contributed by atoms with van der Waals surface area (Å²) in [4.78, 5) is 14.7. The van der Waals surface area contributed by atoms with E-state index in [4.69, 9.17) is 5.73 Å². The zero-order valence-electron chi connectivity index (χ0n) is 12.4. The lowest BCUT2D eigenvalue weighted by molar-refractivity contribution is -0.137. The molecule has 3 aliphatic rings. The van der Waals surface area contributed by atoms with E-state index in [9.17, 15) is 4.79 Å². The zero-order chi connectivity index (χ0) is 14.4. The zero-order valence-corrected chi connectivity index (χ0v) is 12.4. The quantitative estimate of drug-likeness (QED) is 0.868. The summed E-state index contributed by atoms with van der Waals surface area (Å²) in [6.45, 7) is 2.41. The fourth-order valence-electron chi connectivity index (χ4n) is 3.57. The van der Waals surface area contributed by atoms with Crippen LogP contribution in [-0.4, -0.2) is 44.7 Å². The highest BCUT2D eigenvalue weighted by atomic mass is 16.2. The lowest BCUT2D eigenvalue weighted by atomic mass is 9.96. The van der Waals surface area contributed by atoms with Gasteiger partial charge in [0.05, 0.1) is 5.92 Å². The van der Waals surface area contributed by atoms with Crippen molar-refractivity contribution < 1.29 is 4.79 Å². The van der Waals surface area contributed by atoms with Crippen LogP contribution < -0.4 is 5.73 Å². The Bertz CT molecular complexity index is 542. The normalized spacial score (nSPS) is 26.7. The third-order valence-electron chi connectivity index (χ3n) is 5.12. The predicted molar refractivity (Wildman–Crippen MR) is 77.6 cm³/mol. The van der Waals surface area contributed by atoms with Gasteiger partial charge < -0.3 is 15.2 Å². The van der Waals surface area contributed by atoms with Gasteiger partial charge in [-0.3, -0.25) is 4.79 Å². The summed E-state index contributed by atoms with van der Waals surface area (Å²) < 4.78 is 2.22. The molecule has 1 unspecified atom stereocenters. The number of aryl methyl sites for hydroxylation is 1. The fourth-order valence-corrected chi connectivity index (χ4v) is 3.57. The van der Waals surface area contributed by atoms with Crippen LogP contribution in [0.15, 0.2) is 0 Å². The van der Waals surface area contributed by atoms with Crippen LogP contribution in [-0.2, 0) is 17.8 Å². The molecule has 1 aliphatic carbocycles. The van der Waals surface area contributed by atoms with Crippen LogP contribution >= 0.6 is 0 Å². The number of fused-ring (bicyclic) bond motifs is 1. The van der Waals surface area contributed by atoms with E-state index in [1.54, 1.807) is 0 Å². The number of amides is 1. The maximum Gasteiger partial charge on any atom is 0.227 e. The number of carbonyl (C=O) groups excluding carboxylic acids is 1. The first kappa shape index (κ1) is 13.2. The van der Waals surface area contributed by atoms with Gasteiger partial charge >= 0.3 is 0 Å². The fraction of sp³-hybridized carbons (Fsp3) is 0.800. The number of piperidine rings is 1. The van der Waals surface area contributed by atoms with Crippen molar-refractivity contribution >= 4 is 5.91 Å². The first-order chi connectivity index (χ1) is 10.2. The second-order valence-corrected chi connectivity index (χ2v) is 6.76. The average Bonchev–Trinajstić information content (AvgIpc) is 3.26. The number of rotatable bonds is 2. The molecule has 1 atom stereocenters. The van der Waals surface area contributed by atoms with Crippen molar-refractivity contribution in [2.45, 2.75) is 57.0 Å². The van der Waals surface area contributed by atoms with Crippen LogP contribution in [0.1, 0.15) is 49.7 Å². The third-order valence-corrected chi connectivity index (χ3v) is 5.12. The van der Waals surface area contributed by atoms with Crippen molar-refractivity contribution in [3.05, 3.63) is 11.6 Å². The molecule has 2 aliphatic heterocycles. The van der Waals surface area contributed by atoms with Crippen LogP contribution in [0, 0.1) is 5.92 Å². The van der Waals surface area contributed by atoms with Gasteiger partial charge in [0.1, 0.15) is 11.6 Å². The first-order valence-electron chi connectivity index (χ1n) is 8.18. The number of carbonyl (C=O) groups is 1. The Morgan fingerprint density at radius 2 is 1.86 bits per heavy atom. The number of likely N-dealkylation sites (tertiary alicyclic amines) is 1. The van der Waals surface area contributed by atoms with E-state index < -0.39 is 0 Å². The molecule has 2 fully saturated rings. The van der Waals surface area contributed by atoms with E-state index in [-0.39, 0.29) is 12.0 Å². The molecule has 0 spiro atoms. The number of nitrogens with two attached hydrogens (primary N) is 1. The molecular formula is C15H23N5O. The molecule has 6 heteroatoms. The smallest absolute Gasteiger partial charge is 0.227 e. The Balaban J connectivity index is 1.47. The van der Waals surface area contributed by atoms with Gasteiger partial charge in [-0.15, -0.1) is 10.2 Å².